The molecule has 3 aliphatic rings. The summed E-state index contributed by atoms with van der Waals surface area (Å²) in [6.45, 7) is 9.45. The summed E-state index contributed by atoms with van der Waals surface area (Å²) < 4.78 is 5.39. The Morgan fingerprint density at radius 3 is 2.32 bits per heavy atom. The molecule has 2 saturated heterocycles. The van der Waals surface area contributed by atoms with Crippen molar-refractivity contribution >= 4 is 23.9 Å². The van der Waals surface area contributed by atoms with Crippen LogP contribution in [0.3, 0.4) is 0 Å². The van der Waals surface area contributed by atoms with Gasteiger partial charge < -0.3 is 20.3 Å². The van der Waals surface area contributed by atoms with Gasteiger partial charge in [-0.25, -0.2) is 9.59 Å². The number of rotatable bonds is 6. The smallest absolute Gasteiger partial charge is 0.410 e. The molecular formula is C21H35N5O5. The highest BCUT2D eigenvalue weighted by Crippen LogP contribution is 2.34. The molecule has 0 bridgehead atoms. The van der Waals surface area contributed by atoms with Gasteiger partial charge in [0, 0.05) is 52.2 Å². The lowest BCUT2D eigenvalue weighted by molar-refractivity contribution is -0.131. The molecule has 0 radical (unpaired) electrons. The first-order chi connectivity index (χ1) is 14.6. The second kappa shape index (κ2) is 9.42. The minimum atomic E-state index is -0.727. The third kappa shape index (κ3) is 5.87. The fraction of sp³-hybridized carbons (Fsp3) is 0.810. The number of nitrogens with one attached hydrogen (secondary N) is 2. The summed E-state index contributed by atoms with van der Waals surface area (Å²) in [6.07, 6.45) is 3.05. The fourth-order valence-electron chi connectivity index (χ4n) is 4.33. The maximum Gasteiger partial charge on any atom is 0.410 e. The minimum absolute atomic E-state index is 0.0989. The Balaban J connectivity index is 1.31. The Morgan fingerprint density at radius 1 is 1.06 bits per heavy atom. The number of hydrogen-bond acceptors (Lipinski definition) is 6. The van der Waals surface area contributed by atoms with Crippen molar-refractivity contribution in [2.45, 2.75) is 64.0 Å². The Bertz CT molecular complexity index is 705. The van der Waals surface area contributed by atoms with Gasteiger partial charge in [0.1, 0.15) is 11.1 Å². The highest BCUT2D eigenvalue weighted by Gasteiger charge is 2.52. The van der Waals surface area contributed by atoms with Crippen LogP contribution in [0.5, 0.6) is 0 Å². The molecular weight excluding hydrogens is 402 g/mol. The highest BCUT2D eigenvalue weighted by atomic mass is 16.6. The van der Waals surface area contributed by atoms with Gasteiger partial charge in [-0.05, 0) is 33.6 Å². The number of hydrogen-bond donors (Lipinski definition) is 2. The van der Waals surface area contributed by atoms with E-state index in [2.05, 4.69) is 15.5 Å². The Hall–Kier alpha value is -2.36. The van der Waals surface area contributed by atoms with Gasteiger partial charge >= 0.3 is 12.1 Å². The number of ether oxygens (including phenoxy) is 1. The number of imide groups is 1. The van der Waals surface area contributed by atoms with Crippen LogP contribution in [0.25, 0.3) is 0 Å². The molecule has 3 rings (SSSR count). The predicted octanol–water partition coefficient (Wildman–Crippen LogP) is 0.910. The molecule has 174 valence electrons. The van der Waals surface area contributed by atoms with E-state index >= 15 is 0 Å². The first kappa shape index (κ1) is 23.3. The van der Waals surface area contributed by atoms with Crippen molar-refractivity contribution in [3.05, 3.63) is 0 Å². The normalized spacial score (nSPS) is 21.5. The van der Waals surface area contributed by atoms with E-state index in [1.807, 2.05) is 20.8 Å². The second-order valence-corrected chi connectivity index (χ2v) is 9.59. The second-order valence-electron chi connectivity index (χ2n) is 9.59. The van der Waals surface area contributed by atoms with Crippen LogP contribution in [0.2, 0.25) is 0 Å². The van der Waals surface area contributed by atoms with E-state index in [1.165, 1.54) is 4.90 Å². The number of amides is 5. The predicted molar refractivity (Wildman–Crippen MR) is 113 cm³/mol. The van der Waals surface area contributed by atoms with Crippen molar-refractivity contribution in [3.8, 4) is 0 Å². The Kier molecular flexibility index (Phi) is 7.08. The van der Waals surface area contributed by atoms with Crippen LogP contribution in [-0.4, -0.2) is 95.6 Å². The number of carbonyl (C=O) groups is 4. The molecule has 1 aliphatic carbocycles. The van der Waals surface area contributed by atoms with Gasteiger partial charge in [0.15, 0.2) is 0 Å². The fourth-order valence-corrected chi connectivity index (χ4v) is 4.33. The van der Waals surface area contributed by atoms with Gasteiger partial charge in [-0.15, -0.1) is 0 Å². The average molecular weight is 438 g/mol. The van der Waals surface area contributed by atoms with Crippen LogP contribution in [0.15, 0.2) is 0 Å². The first-order valence-corrected chi connectivity index (χ1v) is 11.2. The molecule has 3 fully saturated rings. The molecule has 2 aliphatic heterocycles. The van der Waals surface area contributed by atoms with E-state index in [0.717, 1.165) is 25.9 Å². The molecule has 1 saturated carbocycles. The van der Waals surface area contributed by atoms with Crippen molar-refractivity contribution < 1.29 is 23.9 Å². The molecule has 0 aromatic heterocycles. The Morgan fingerprint density at radius 2 is 1.71 bits per heavy atom. The highest BCUT2D eigenvalue weighted by molar-refractivity contribution is 6.07. The number of urea groups is 1. The Labute approximate surface area is 183 Å². The molecule has 0 atom stereocenters. The minimum Gasteiger partial charge on any atom is -0.444 e. The molecule has 31 heavy (non-hydrogen) atoms. The molecule has 2 heterocycles. The zero-order valence-corrected chi connectivity index (χ0v) is 18.9. The molecule has 10 heteroatoms. The van der Waals surface area contributed by atoms with Crippen LogP contribution in [0.1, 0.15) is 52.9 Å². The van der Waals surface area contributed by atoms with Crippen LogP contribution < -0.4 is 10.6 Å². The molecule has 10 nitrogen and oxygen atoms in total. The SMILES string of the molecule is CC(C)(C)OC(=O)N1CCN(CCNC(=O)CCN2C(=O)NC3(CCCC3)C2=O)CC1. The number of piperazine rings is 1. The van der Waals surface area contributed by atoms with Gasteiger partial charge in [0.2, 0.25) is 5.91 Å². The van der Waals surface area contributed by atoms with Crippen molar-refractivity contribution in [3.63, 3.8) is 0 Å². The monoisotopic (exact) mass is 437 g/mol. The van der Waals surface area contributed by atoms with Gasteiger partial charge in [0.05, 0.1) is 0 Å². The lowest BCUT2D eigenvalue weighted by atomic mass is 9.98. The van der Waals surface area contributed by atoms with Gasteiger partial charge in [-0.1, -0.05) is 12.8 Å². The lowest BCUT2D eigenvalue weighted by Crippen LogP contribution is -2.51. The molecule has 0 unspecified atom stereocenters. The number of carbonyl (C=O) groups excluding carboxylic acids is 4. The summed E-state index contributed by atoms with van der Waals surface area (Å²) in [7, 11) is 0. The summed E-state index contributed by atoms with van der Waals surface area (Å²) in [5.74, 6) is -0.369. The molecule has 0 aromatic rings. The molecule has 1 spiro atoms. The van der Waals surface area contributed by atoms with Crippen LogP contribution in [-0.2, 0) is 14.3 Å². The van der Waals surface area contributed by atoms with Gasteiger partial charge in [-0.3, -0.25) is 19.4 Å². The first-order valence-electron chi connectivity index (χ1n) is 11.2. The molecule has 5 amide bonds. The summed E-state index contributed by atoms with van der Waals surface area (Å²) in [4.78, 5) is 54.1. The summed E-state index contributed by atoms with van der Waals surface area (Å²) in [6, 6.07) is -0.387. The van der Waals surface area contributed by atoms with Crippen LogP contribution in [0, 0.1) is 0 Å². The van der Waals surface area contributed by atoms with E-state index in [-0.39, 0.29) is 36.9 Å². The lowest BCUT2D eigenvalue weighted by Gasteiger charge is -2.35. The van der Waals surface area contributed by atoms with E-state index in [0.29, 0.717) is 39.0 Å². The van der Waals surface area contributed by atoms with E-state index in [4.69, 9.17) is 4.74 Å². The van der Waals surface area contributed by atoms with E-state index in [9.17, 15) is 19.2 Å². The maximum absolute atomic E-state index is 12.6. The molecule has 2 N–H and O–H groups in total. The zero-order chi connectivity index (χ0) is 22.6. The van der Waals surface area contributed by atoms with Crippen molar-refractivity contribution in [1.29, 1.82) is 0 Å². The van der Waals surface area contributed by atoms with Crippen molar-refractivity contribution in [1.82, 2.24) is 25.3 Å². The van der Waals surface area contributed by atoms with E-state index in [1.54, 1.807) is 4.90 Å². The third-order valence-corrected chi connectivity index (χ3v) is 6.04. The zero-order valence-electron chi connectivity index (χ0n) is 18.9. The van der Waals surface area contributed by atoms with Crippen LogP contribution >= 0.6 is 0 Å². The molecule has 0 aromatic carbocycles. The summed E-state index contributed by atoms with van der Waals surface area (Å²) in [5.41, 5.74) is -1.23. The maximum atomic E-state index is 12.6. The van der Waals surface area contributed by atoms with Gasteiger partial charge in [-0.2, -0.15) is 0 Å². The van der Waals surface area contributed by atoms with Crippen LogP contribution in [0.4, 0.5) is 9.59 Å². The number of nitrogens with zero attached hydrogens (tertiary/aromatic N) is 3. The average Bonchev–Trinajstić information content (AvgIpc) is 3.25. The quantitative estimate of drug-likeness (QED) is 0.598. The van der Waals surface area contributed by atoms with Gasteiger partial charge in [0.25, 0.3) is 5.91 Å². The van der Waals surface area contributed by atoms with E-state index < -0.39 is 11.1 Å². The summed E-state index contributed by atoms with van der Waals surface area (Å²) in [5, 5.41) is 5.68. The summed E-state index contributed by atoms with van der Waals surface area (Å²) >= 11 is 0. The van der Waals surface area contributed by atoms with Crippen molar-refractivity contribution in [2.75, 3.05) is 45.8 Å². The topological polar surface area (TPSA) is 111 Å². The third-order valence-electron chi connectivity index (χ3n) is 6.04. The largest absolute Gasteiger partial charge is 0.444 e. The standard InChI is InChI=1S/C21H35N5O5/c1-20(2,3)31-19(30)25-14-12-24(13-15-25)11-9-22-16(27)6-10-26-17(28)21(23-18(26)29)7-4-5-8-21/h4-15H2,1-3H3,(H,22,27)(H,23,29). The van der Waals surface area contributed by atoms with Crippen molar-refractivity contribution in [2.24, 2.45) is 0 Å².